The molecule has 0 aliphatic rings. The second-order valence-electron chi connectivity index (χ2n) is 4.99. The van der Waals surface area contributed by atoms with E-state index in [1.54, 1.807) is 11.8 Å². The van der Waals surface area contributed by atoms with E-state index in [-0.39, 0.29) is 0 Å². The molecule has 3 aromatic rings. The predicted octanol–water partition coefficient (Wildman–Crippen LogP) is 4.44. The molecule has 2 aromatic carbocycles. The third kappa shape index (κ3) is 3.39. The summed E-state index contributed by atoms with van der Waals surface area (Å²) in [5, 5.41) is 19.0. The highest BCUT2D eigenvalue weighted by atomic mass is 32.2. The number of benzene rings is 2. The fourth-order valence-electron chi connectivity index (χ4n) is 2.34. The van der Waals surface area contributed by atoms with Gasteiger partial charge in [-0.25, -0.2) is 0 Å². The Morgan fingerprint density at radius 2 is 1.75 bits per heavy atom. The van der Waals surface area contributed by atoms with Crippen molar-refractivity contribution < 1.29 is 0 Å². The van der Waals surface area contributed by atoms with Crippen LogP contribution in [0.4, 0.5) is 0 Å². The molecule has 1 heterocycles. The first kappa shape index (κ1) is 16.0. The largest absolute Gasteiger partial charge is 0.269 e. The molecule has 0 N–H and O–H groups in total. The average Bonchev–Trinajstić information content (AvgIpc) is 3.05. The standard InChI is InChI=1S/C19H16N4S/c1-2-24-19-22-21-18(23(19)17-11-7-4-8-12-17)16(14-20)13-15-9-5-3-6-10-15/h3-13H,2H2,1H3/b16-13-. The highest BCUT2D eigenvalue weighted by Gasteiger charge is 2.17. The van der Waals surface area contributed by atoms with Crippen LogP contribution in [-0.2, 0) is 0 Å². The number of hydrogen-bond acceptors (Lipinski definition) is 4. The van der Waals surface area contributed by atoms with Crippen LogP contribution in [0, 0.1) is 11.3 Å². The van der Waals surface area contributed by atoms with E-state index < -0.39 is 0 Å². The van der Waals surface area contributed by atoms with Crippen molar-refractivity contribution in [1.82, 2.24) is 14.8 Å². The van der Waals surface area contributed by atoms with E-state index in [4.69, 9.17) is 0 Å². The molecule has 0 bridgehead atoms. The molecule has 0 amide bonds. The van der Waals surface area contributed by atoms with Crippen LogP contribution >= 0.6 is 11.8 Å². The van der Waals surface area contributed by atoms with E-state index in [1.165, 1.54) is 0 Å². The lowest BCUT2D eigenvalue weighted by molar-refractivity contribution is 0.880. The van der Waals surface area contributed by atoms with Crippen LogP contribution in [0.2, 0.25) is 0 Å². The fraction of sp³-hybridized carbons (Fsp3) is 0.105. The van der Waals surface area contributed by atoms with E-state index in [0.717, 1.165) is 22.2 Å². The smallest absolute Gasteiger partial charge is 0.196 e. The number of thioether (sulfide) groups is 1. The summed E-state index contributed by atoms with van der Waals surface area (Å²) in [6, 6.07) is 21.9. The predicted molar refractivity (Wildman–Crippen MR) is 97.7 cm³/mol. The summed E-state index contributed by atoms with van der Waals surface area (Å²) in [4.78, 5) is 0. The molecule has 0 aliphatic carbocycles. The summed E-state index contributed by atoms with van der Waals surface area (Å²) in [5.74, 6) is 1.44. The van der Waals surface area contributed by atoms with Crippen molar-refractivity contribution in [2.45, 2.75) is 12.1 Å². The molecule has 0 spiro atoms. The van der Waals surface area contributed by atoms with Gasteiger partial charge in [0, 0.05) is 5.69 Å². The molecule has 0 radical (unpaired) electrons. The zero-order valence-corrected chi connectivity index (χ0v) is 14.1. The van der Waals surface area contributed by atoms with E-state index in [2.05, 4.69) is 23.2 Å². The Balaban J connectivity index is 2.14. The van der Waals surface area contributed by atoms with Crippen molar-refractivity contribution in [3.63, 3.8) is 0 Å². The van der Waals surface area contributed by atoms with Crippen molar-refractivity contribution >= 4 is 23.4 Å². The molecule has 0 aliphatic heterocycles. The normalized spacial score (nSPS) is 11.2. The average molecular weight is 332 g/mol. The van der Waals surface area contributed by atoms with Crippen molar-refractivity contribution in [3.8, 4) is 11.8 Å². The number of para-hydroxylation sites is 1. The van der Waals surface area contributed by atoms with Gasteiger partial charge in [0.25, 0.3) is 0 Å². The number of nitrogens with zero attached hydrogens (tertiary/aromatic N) is 4. The van der Waals surface area contributed by atoms with Gasteiger partial charge in [0.2, 0.25) is 0 Å². The number of allylic oxidation sites excluding steroid dienone is 1. The lowest BCUT2D eigenvalue weighted by Crippen LogP contribution is -2.02. The summed E-state index contributed by atoms with van der Waals surface area (Å²) in [7, 11) is 0. The number of rotatable bonds is 5. The molecule has 0 fully saturated rings. The molecule has 0 saturated carbocycles. The molecule has 5 heteroatoms. The van der Waals surface area contributed by atoms with Crippen LogP contribution in [-0.4, -0.2) is 20.5 Å². The van der Waals surface area contributed by atoms with Crippen LogP contribution in [0.25, 0.3) is 17.3 Å². The Morgan fingerprint density at radius 1 is 1.08 bits per heavy atom. The lowest BCUT2D eigenvalue weighted by atomic mass is 10.1. The molecular weight excluding hydrogens is 316 g/mol. The van der Waals surface area contributed by atoms with Gasteiger partial charge in [0.15, 0.2) is 11.0 Å². The highest BCUT2D eigenvalue weighted by molar-refractivity contribution is 7.99. The number of hydrogen-bond donors (Lipinski definition) is 0. The summed E-state index contributed by atoms with van der Waals surface area (Å²) < 4.78 is 1.94. The van der Waals surface area contributed by atoms with Crippen molar-refractivity contribution in [2.24, 2.45) is 0 Å². The number of nitriles is 1. The summed E-state index contributed by atoms with van der Waals surface area (Å²) >= 11 is 1.60. The van der Waals surface area contributed by atoms with E-state index in [9.17, 15) is 5.26 Å². The van der Waals surface area contributed by atoms with Crippen LogP contribution in [0.5, 0.6) is 0 Å². The Hall–Kier alpha value is -2.84. The SMILES string of the molecule is CCSc1nnc(/C(C#N)=C\c2ccccc2)n1-c1ccccc1. The molecule has 3 rings (SSSR count). The van der Waals surface area contributed by atoms with Crippen molar-refractivity contribution in [3.05, 3.63) is 72.1 Å². The van der Waals surface area contributed by atoms with Crippen LogP contribution in [0.15, 0.2) is 65.8 Å². The van der Waals surface area contributed by atoms with Gasteiger partial charge in [-0.05, 0) is 29.5 Å². The molecule has 0 saturated heterocycles. The van der Waals surface area contributed by atoms with E-state index >= 15 is 0 Å². The monoisotopic (exact) mass is 332 g/mol. The zero-order valence-electron chi connectivity index (χ0n) is 13.3. The van der Waals surface area contributed by atoms with Crippen LogP contribution in [0.3, 0.4) is 0 Å². The minimum atomic E-state index is 0.487. The molecule has 24 heavy (non-hydrogen) atoms. The third-order valence-electron chi connectivity index (χ3n) is 3.39. The minimum Gasteiger partial charge on any atom is -0.269 e. The Bertz CT molecular complexity index is 877. The van der Waals surface area contributed by atoms with Gasteiger partial charge in [-0.2, -0.15) is 5.26 Å². The number of aromatic nitrogens is 3. The molecule has 118 valence electrons. The summed E-state index contributed by atoms with van der Waals surface area (Å²) in [6.45, 7) is 2.07. The molecule has 0 unspecified atom stereocenters. The highest BCUT2D eigenvalue weighted by Crippen LogP contribution is 2.26. The van der Waals surface area contributed by atoms with E-state index in [0.29, 0.717) is 11.4 Å². The zero-order chi connectivity index (χ0) is 16.8. The quantitative estimate of drug-likeness (QED) is 0.512. The Morgan fingerprint density at radius 3 is 2.38 bits per heavy atom. The summed E-state index contributed by atoms with van der Waals surface area (Å²) in [5.41, 5.74) is 2.39. The van der Waals surface area contributed by atoms with Gasteiger partial charge in [-0.3, -0.25) is 4.57 Å². The van der Waals surface area contributed by atoms with E-state index in [1.807, 2.05) is 71.3 Å². The molecule has 0 atom stereocenters. The van der Waals surface area contributed by atoms with Gasteiger partial charge < -0.3 is 0 Å². The second kappa shape index (κ2) is 7.62. The Kier molecular flexibility index (Phi) is 5.09. The van der Waals surface area contributed by atoms with Crippen LogP contribution < -0.4 is 0 Å². The van der Waals surface area contributed by atoms with Gasteiger partial charge in [-0.1, -0.05) is 67.2 Å². The first-order valence-electron chi connectivity index (χ1n) is 7.64. The van der Waals surface area contributed by atoms with Gasteiger partial charge in [-0.15, -0.1) is 10.2 Å². The summed E-state index contributed by atoms with van der Waals surface area (Å²) in [6.07, 6.45) is 1.84. The minimum absolute atomic E-state index is 0.487. The molecule has 1 aromatic heterocycles. The van der Waals surface area contributed by atoms with Crippen molar-refractivity contribution in [1.29, 1.82) is 5.26 Å². The second-order valence-corrected chi connectivity index (χ2v) is 6.22. The van der Waals surface area contributed by atoms with Gasteiger partial charge in [0.05, 0.1) is 5.57 Å². The van der Waals surface area contributed by atoms with Gasteiger partial charge >= 0.3 is 0 Å². The first-order valence-corrected chi connectivity index (χ1v) is 8.63. The first-order chi connectivity index (χ1) is 11.8. The third-order valence-corrected chi connectivity index (χ3v) is 4.20. The lowest BCUT2D eigenvalue weighted by Gasteiger charge is -2.09. The van der Waals surface area contributed by atoms with Crippen LogP contribution in [0.1, 0.15) is 18.3 Å². The van der Waals surface area contributed by atoms with Crippen molar-refractivity contribution in [2.75, 3.05) is 5.75 Å². The maximum atomic E-state index is 9.65. The fourth-order valence-corrected chi connectivity index (χ4v) is 3.02. The molecular formula is C19H16N4S. The maximum absolute atomic E-state index is 9.65. The Labute approximate surface area is 145 Å². The molecule has 4 nitrogen and oxygen atoms in total. The van der Waals surface area contributed by atoms with Gasteiger partial charge in [0.1, 0.15) is 6.07 Å². The topological polar surface area (TPSA) is 54.5 Å². The maximum Gasteiger partial charge on any atom is 0.196 e.